The fourth-order valence-corrected chi connectivity index (χ4v) is 1.76. The molecule has 8 heteroatoms. The second kappa shape index (κ2) is 6.83. The number of carboxylic acids is 2. The molecule has 1 amide bonds. The molecule has 104 valence electrons. The van der Waals surface area contributed by atoms with Crippen molar-refractivity contribution in [3.8, 4) is 0 Å². The number of hydrogen-bond acceptors (Lipinski definition) is 5. The van der Waals surface area contributed by atoms with E-state index < -0.39 is 30.3 Å². The van der Waals surface area contributed by atoms with Crippen LogP contribution in [0.4, 0.5) is 0 Å². The molecule has 0 aliphatic rings. The average molecular weight is 287 g/mol. The maximum Gasteiger partial charge on any atom is 0.326 e. The molecule has 1 aromatic rings. The first-order valence-electron chi connectivity index (χ1n) is 5.27. The van der Waals surface area contributed by atoms with Crippen molar-refractivity contribution in [2.45, 2.75) is 18.2 Å². The van der Waals surface area contributed by atoms with Gasteiger partial charge in [-0.2, -0.15) is 11.8 Å². The van der Waals surface area contributed by atoms with Crippen LogP contribution in [0.15, 0.2) is 16.5 Å². The minimum atomic E-state index is -1.49. The Morgan fingerprint density at radius 1 is 1.37 bits per heavy atom. The van der Waals surface area contributed by atoms with Gasteiger partial charge in [0.15, 0.2) is 5.76 Å². The van der Waals surface area contributed by atoms with Crippen LogP contribution in [-0.2, 0) is 15.3 Å². The van der Waals surface area contributed by atoms with Crippen molar-refractivity contribution in [3.63, 3.8) is 0 Å². The highest BCUT2D eigenvalue weighted by atomic mass is 32.2. The standard InChI is InChI=1S/C11H13NO6S/c1-19-5-6-2-3-8(18-6)10(15)12-7(11(16)17)4-9(13)14/h2-3,7H,4-5H2,1H3,(H,12,15)(H,13,14)(H,16,17). The number of aliphatic carboxylic acids is 2. The van der Waals surface area contributed by atoms with Crippen LogP contribution in [0.25, 0.3) is 0 Å². The highest BCUT2D eigenvalue weighted by Crippen LogP contribution is 2.13. The lowest BCUT2D eigenvalue weighted by molar-refractivity contribution is -0.145. The Morgan fingerprint density at radius 2 is 2.05 bits per heavy atom. The molecule has 1 heterocycles. The molecule has 3 N–H and O–H groups in total. The third-order valence-electron chi connectivity index (χ3n) is 2.15. The quantitative estimate of drug-likeness (QED) is 0.679. The molecule has 0 radical (unpaired) electrons. The van der Waals surface area contributed by atoms with Crippen molar-refractivity contribution >= 4 is 29.6 Å². The SMILES string of the molecule is CSCc1ccc(C(=O)NC(CC(=O)O)C(=O)O)o1. The van der Waals surface area contributed by atoms with Gasteiger partial charge in [0.25, 0.3) is 5.91 Å². The van der Waals surface area contributed by atoms with Crippen molar-refractivity contribution in [2.75, 3.05) is 6.26 Å². The highest BCUT2D eigenvalue weighted by molar-refractivity contribution is 7.97. The molecule has 1 atom stereocenters. The Labute approximate surface area is 113 Å². The Bertz CT molecular complexity index is 483. The molecule has 0 aliphatic carbocycles. The van der Waals surface area contributed by atoms with Gasteiger partial charge in [-0.05, 0) is 18.4 Å². The Morgan fingerprint density at radius 3 is 2.58 bits per heavy atom. The van der Waals surface area contributed by atoms with E-state index in [1.54, 1.807) is 6.07 Å². The summed E-state index contributed by atoms with van der Waals surface area (Å²) in [6.45, 7) is 0. The van der Waals surface area contributed by atoms with Gasteiger partial charge in [0.1, 0.15) is 11.8 Å². The van der Waals surface area contributed by atoms with Crippen LogP contribution in [0.3, 0.4) is 0 Å². The number of nitrogens with one attached hydrogen (secondary N) is 1. The maximum atomic E-state index is 11.7. The van der Waals surface area contributed by atoms with Crippen LogP contribution >= 0.6 is 11.8 Å². The lowest BCUT2D eigenvalue weighted by Gasteiger charge is -2.10. The minimum Gasteiger partial charge on any atom is -0.481 e. The number of hydrogen-bond donors (Lipinski definition) is 3. The average Bonchev–Trinajstić information content (AvgIpc) is 2.76. The van der Waals surface area contributed by atoms with Crippen molar-refractivity contribution in [2.24, 2.45) is 0 Å². The zero-order valence-corrected chi connectivity index (χ0v) is 10.9. The van der Waals surface area contributed by atoms with E-state index in [-0.39, 0.29) is 5.76 Å². The topological polar surface area (TPSA) is 117 Å². The Hall–Kier alpha value is -1.96. The molecule has 0 bridgehead atoms. The van der Waals surface area contributed by atoms with Crippen LogP contribution in [-0.4, -0.2) is 40.4 Å². The summed E-state index contributed by atoms with van der Waals surface area (Å²) < 4.78 is 5.20. The molecule has 0 aliphatic heterocycles. The molecular formula is C11H13NO6S. The number of carboxylic acid groups (broad SMARTS) is 2. The van der Waals surface area contributed by atoms with E-state index in [1.807, 2.05) is 6.26 Å². The van der Waals surface area contributed by atoms with Crippen LogP contribution in [0.1, 0.15) is 22.7 Å². The number of amides is 1. The molecule has 0 aromatic carbocycles. The van der Waals surface area contributed by atoms with Crippen LogP contribution in [0, 0.1) is 0 Å². The predicted octanol–water partition coefficient (Wildman–Crippen LogP) is 0.800. The molecule has 1 aromatic heterocycles. The Balaban J connectivity index is 2.70. The van der Waals surface area contributed by atoms with Crippen LogP contribution < -0.4 is 5.32 Å². The smallest absolute Gasteiger partial charge is 0.326 e. The number of rotatable bonds is 7. The lowest BCUT2D eigenvalue weighted by atomic mass is 10.2. The van der Waals surface area contributed by atoms with Gasteiger partial charge in [0.05, 0.1) is 12.2 Å². The number of thioether (sulfide) groups is 1. The first kappa shape index (κ1) is 15.1. The predicted molar refractivity (Wildman–Crippen MR) is 67.1 cm³/mol. The van der Waals surface area contributed by atoms with Crippen LogP contribution in [0.5, 0.6) is 0 Å². The number of carbonyl (C=O) groups is 3. The molecule has 1 unspecified atom stereocenters. The van der Waals surface area contributed by atoms with Gasteiger partial charge in [-0.15, -0.1) is 0 Å². The van der Waals surface area contributed by atoms with E-state index >= 15 is 0 Å². The third kappa shape index (κ3) is 4.66. The van der Waals surface area contributed by atoms with Crippen LogP contribution in [0.2, 0.25) is 0 Å². The first-order valence-corrected chi connectivity index (χ1v) is 6.66. The van der Waals surface area contributed by atoms with E-state index in [4.69, 9.17) is 14.6 Å². The van der Waals surface area contributed by atoms with E-state index in [1.165, 1.54) is 17.8 Å². The minimum absolute atomic E-state index is 0.0410. The number of carbonyl (C=O) groups excluding carboxylic acids is 1. The third-order valence-corrected chi connectivity index (χ3v) is 2.73. The van der Waals surface area contributed by atoms with Gasteiger partial charge in [-0.1, -0.05) is 0 Å². The van der Waals surface area contributed by atoms with E-state index in [0.717, 1.165) is 0 Å². The molecule has 0 saturated carbocycles. The molecule has 0 saturated heterocycles. The van der Waals surface area contributed by atoms with Crippen molar-refractivity contribution in [1.29, 1.82) is 0 Å². The second-order valence-electron chi connectivity index (χ2n) is 3.66. The zero-order chi connectivity index (χ0) is 14.4. The fourth-order valence-electron chi connectivity index (χ4n) is 1.32. The van der Waals surface area contributed by atoms with Gasteiger partial charge in [0, 0.05) is 0 Å². The largest absolute Gasteiger partial charge is 0.481 e. The molecule has 19 heavy (non-hydrogen) atoms. The van der Waals surface area contributed by atoms with E-state index in [0.29, 0.717) is 11.5 Å². The molecule has 7 nitrogen and oxygen atoms in total. The summed E-state index contributed by atoms with van der Waals surface area (Å²) in [7, 11) is 0. The molecular weight excluding hydrogens is 274 g/mol. The summed E-state index contributed by atoms with van der Waals surface area (Å²) in [6.07, 6.45) is 1.18. The van der Waals surface area contributed by atoms with Gasteiger partial charge < -0.3 is 19.9 Å². The fraction of sp³-hybridized carbons (Fsp3) is 0.364. The van der Waals surface area contributed by atoms with Crippen molar-refractivity contribution in [3.05, 3.63) is 23.7 Å². The highest BCUT2D eigenvalue weighted by Gasteiger charge is 2.24. The summed E-state index contributed by atoms with van der Waals surface area (Å²) in [5.41, 5.74) is 0. The van der Waals surface area contributed by atoms with Gasteiger partial charge in [-0.3, -0.25) is 9.59 Å². The summed E-state index contributed by atoms with van der Waals surface area (Å²) in [5.74, 6) is -2.34. The molecule has 0 fully saturated rings. The molecule has 1 rings (SSSR count). The normalized spacial score (nSPS) is 11.8. The number of furan rings is 1. The lowest BCUT2D eigenvalue weighted by Crippen LogP contribution is -2.42. The van der Waals surface area contributed by atoms with Gasteiger partial charge >= 0.3 is 11.9 Å². The summed E-state index contributed by atoms with van der Waals surface area (Å²) in [6, 6.07) is 1.54. The van der Waals surface area contributed by atoms with Gasteiger partial charge in [-0.25, -0.2) is 4.79 Å². The first-order chi connectivity index (χ1) is 8.93. The molecule has 0 spiro atoms. The zero-order valence-electron chi connectivity index (χ0n) is 10.1. The second-order valence-corrected chi connectivity index (χ2v) is 4.53. The van der Waals surface area contributed by atoms with E-state index in [2.05, 4.69) is 5.32 Å². The van der Waals surface area contributed by atoms with E-state index in [9.17, 15) is 14.4 Å². The summed E-state index contributed by atoms with van der Waals surface area (Å²) in [4.78, 5) is 33.0. The van der Waals surface area contributed by atoms with Crippen molar-refractivity contribution < 1.29 is 29.0 Å². The Kier molecular flexibility index (Phi) is 5.43. The summed E-state index contributed by atoms with van der Waals surface area (Å²) >= 11 is 1.51. The van der Waals surface area contributed by atoms with Gasteiger partial charge in [0.2, 0.25) is 0 Å². The maximum absolute atomic E-state index is 11.7. The van der Waals surface area contributed by atoms with Crippen molar-refractivity contribution in [1.82, 2.24) is 5.32 Å². The monoisotopic (exact) mass is 287 g/mol. The summed E-state index contributed by atoms with van der Waals surface area (Å²) in [5, 5.41) is 19.4.